The molecule has 2 heterocycles. The first-order valence-corrected chi connectivity index (χ1v) is 11.1. The van der Waals surface area contributed by atoms with Crippen LogP contribution in [0.2, 0.25) is 0 Å². The molecule has 2 atom stereocenters. The minimum atomic E-state index is -0.464. The number of carbonyl (C=O) groups excluding carboxylic acids is 2. The monoisotopic (exact) mass is 436 g/mol. The number of piperidine rings is 1. The van der Waals surface area contributed by atoms with E-state index in [1.807, 2.05) is 26.0 Å². The number of phenols is 1. The average Bonchev–Trinajstić information content (AvgIpc) is 3.06. The molecule has 0 bridgehead atoms. The lowest BCUT2D eigenvalue weighted by Gasteiger charge is -2.47. The maximum absolute atomic E-state index is 13.8. The number of hydrogen-bond donors (Lipinski definition) is 1. The second kappa shape index (κ2) is 8.51. The zero-order valence-electron chi connectivity index (χ0n) is 18.7. The summed E-state index contributed by atoms with van der Waals surface area (Å²) in [6.45, 7) is 7.16. The van der Waals surface area contributed by atoms with Crippen molar-refractivity contribution in [2.45, 2.75) is 51.7 Å². The maximum atomic E-state index is 13.8. The molecule has 1 saturated heterocycles. The van der Waals surface area contributed by atoms with E-state index in [4.69, 9.17) is 0 Å². The number of nitrogens with zero attached hydrogens (tertiary/aromatic N) is 2. The van der Waals surface area contributed by atoms with Gasteiger partial charge in [-0.1, -0.05) is 32.1 Å². The lowest BCUT2D eigenvalue weighted by atomic mass is 9.82. The smallest absolute Gasteiger partial charge is 0.251 e. The summed E-state index contributed by atoms with van der Waals surface area (Å²) in [7, 11) is 0. The summed E-state index contributed by atoms with van der Waals surface area (Å²) in [4.78, 5) is 29.1. The number of amides is 1. The molecule has 2 aliphatic rings. The third-order valence-electron chi connectivity index (χ3n) is 6.61. The third-order valence-corrected chi connectivity index (χ3v) is 6.61. The lowest BCUT2D eigenvalue weighted by Crippen LogP contribution is -2.56. The SMILES string of the molecule is CC(C)C(=O)c1cc(CN2CC[C@]3(C=CC(=O)N3c3cccc(F)c3)C[C@@H]2C)ccc1O. The highest BCUT2D eigenvalue weighted by Gasteiger charge is 2.46. The van der Waals surface area contributed by atoms with Gasteiger partial charge in [0.05, 0.1) is 11.1 Å². The molecule has 2 aromatic carbocycles. The number of hydrogen-bond acceptors (Lipinski definition) is 4. The zero-order chi connectivity index (χ0) is 23.0. The molecule has 5 nitrogen and oxygen atoms in total. The largest absolute Gasteiger partial charge is 0.507 e. The van der Waals surface area contributed by atoms with Gasteiger partial charge in [-0.15, -0.1) is 0 Å². The molecule has 1 spiro atoms. The van der Waals surface area contributed by atoms with Crippen LogP contribution in [0.3, 0.4) is 0 Å². The number of anilines is 1. The molecule has 1 amide bonds. The van der Waals surface area contributed by atoms with Crippen LogP contribution in [0.15, 0.2) is 54.6 Å². The fourth-order valence-corrected chi connectivity index (χ4v) is 4.91. The third kappa shape index (κ3) is 4.07. The van der Waals surface area contributed by atoms with Gasteiger partial charge < -0.3 is 5.11 Å². The quantitative estimate of drug-likeness (QED) is 0.691. The van der Waals surface area contributed by atoms with Gasteiger partial charge in [0.25, 0.3) is 5.91 Å². The number of Topliss-reactive ketones (excluding diaryl/α,β-unsaturated/α-hetero) is 1. The van der Waals surface area contributed by atoms with E-state index in [2.05, 4.69) is 11.8 Å². The Morgan fingerprint density at radius 2 is 2.03 bits per heavy atom. The van der Waals surface area contributed by atoms with E-state index in [1.54, 1.807) is 35.2 Å². The van der Waals surface area contributed by atoms with Crippen LogP contribution >= 0.6 is 0 Å². The van der Waals surface area contributed by atoms with E-state index >= 15 is 0 Å². The van der Waals surface area contributed by atoms with Crippen molar-refractivity contribution in [3.8, 4) is 5.75 Å². The second-order valence-electron chi connectivity index (χ2n) is 9.23. The fraction of sp³-hybridized carbons (Fsp3) is 0.385. The fourth-order valence-electron chi connectivity index (χ4n) is 4.91. The Balaban J connectivity index is 1.53. The van der Waals surface area contributed by atoms with Gasteiger partial charge in [-0.25, -0.2) is 4.39 Å². The standard InChI is InChI=1S/C26H29FN2O3/c1-17(2)25(32)22-13-19(7-8-23(22)30)16-28-12-11-26(15-18(28)3)10-9-24(31)29(26)21-6-4-5-20(27)14-21/h4-10,13-14,17-18,30H,11-12,15-16H2,1-3H3/t18-,26+/m0/s1. The number of benzene rings is 2. The molecule has 0 unspecified atom stereocenters. The highest BCUT2D eigenvalue weighted by atomic mass is 19.1. The van der Waals surface area contributed by atoms with Crippen molar-refractivity contribution in [2.24, 2.45) is 5.92 Å². The van der Waals surface area contributed by atoms with Gasteiger partial charge in [-0.05, 0) is 55.7 Å². The summed E-state index contributed by atoms with van der Waals surface area (Å²) in [5, 5.41) is 10.1. The van der Waals surface area contributed by atoms with Gasteiger partial charge >= 0.3 is 0 Å². The van der Waals surface area contributed by atoms with E-state index in [-0.39, 0.29) is 35.2 Å². The Hall–Kier alpha value is -2.99. The van der Waals surface area contributed by atoms with E-state index in [9.17, 15) is 19.1 Å². The van der Waals surface area contributed by atoms with Gasteiger partial charge in [0.2, 0.25) is 0 Å². The molecule has 1 fully saturated rings. The Labute approximate surface area is 188 Å². The van der Waals surface area contributed by atoms with Crippen LogP contribution in [0, 0.1) is 11.7 Å². The normalized spacial score (nSPS) is 23.5. The second-order valence-corrected chi connectivity index (χ2v) is 9.23. The highest BCUT2D eigenvalue weighted by Crippen LogP contribution is 2.41. The van der Waals surface area contributed by atoms with Gasteiger partial charge in [-0.3, -0.25) is 19.4 Å². The first-order valence-electron chi connectivity index (χ1n) is 11.1. The molecule has 0 saturated carbocycles. The van der Waals surface area contributed by atoms with Gasteiger partial charge in [0.15, 0.2) is 5.78 Å². The predicted octanol–water partition coefficient (Wildman–Crippen LogP) is 4.70. The first kappa shape index (κ1) is 22.2. The van der Waals surface area contributed by atoms with E-state index in [0.29, 0.717) is 17.8 Å². The number of phenolic OH excluding ortho intramolecular Hbond substituents is 1. The Morgan fingerprint density at radius 3 is 2.72 bits per heavy atom. The number of likely N-dealkylation sites (tertiary alicyclic amines) is 1. The molecule has 0 aromatic heterocycles. The van der Waals surface area contributed by atoms with Crippen molar-refractivity contribution in [1.82, 2.24) is 4.90 Å². The van der Waals surface area contributed by atoms with Gasteiger partial charge in [0, 0.05) is 36.8 Å². The molecule has 32 heavy (non-hydrogen) atoms. The van der Waals surface area contributed by atoms with Gasteiger partial charge in [0.1, 0.15) is 11.6 Å². The van der Waals surface area contributed by atoms with Crippen LogP contribution in [0.4, 0.5) is 10.1 Å². The van der Waals surface area contributed by atoms with Crippen LogP contribution in [0.5, 0.6) is 5.75 Å². The minimum Gasteiger partial charge on any atom is -0.507 e. The number of carbonyl (C=O) groups is 2. The molecular formula is C26H29FN2O3. The molecule has 6 heteroatoms. The summed E-state index contributed by atoms with van der Waals surface area (Å²) >= 11 is 0. The van der Waals surface area contributed by atoms with Crippen molar-refractivity contribution in [3.63, 3.8) is 0 Å². The Bertz CT molecular complexity index is 1080. The summed E-state index contributed by atoms with van der Waals surface area (Å²) in [6, 6.07) is 11.6. The molecule has 0 aliphatic carbocycles. The van der Waals surface area contributed by atoms with Crippen LogP contribution in [-0.2, 0) is 11.3 Å². The van der Waals surface area contributed by atoms with Crippen LogP contribution in [0.1, 0.15) is 49.5 Å². The Morgan fingerprint density at radius 1 is 1.25 bits per heavy atom. The number of aromatic hydroxyl groups is 1. The topological polar surface area (TPSA) is 60.9 Å². The minimum absolute atomic E-state index is 0.0124. The average molecular weight is 437 g/mol. The summed E-state index contributed by atoms with van der Waals surface area (Å²) in [5.74, 6) is -0.729. The zero-order valence-corrected chi connectivity index (χ0v) is 18.7. The molecule has 1 N–H and O–H groups in total. The first-order chi connectivity index (χ1) is 15.2. The van der Waals surface area contributed by atoms with E-state index < -0.39 is 5.54 Å². The van der Waals surface area contributed by atoms with Crippen molar-refractivity contribution in [1.29, 1.82) is 0 Å². The number of halogens is 1. The molecule has 0 radical (unpaired) electrons. The summed E-state index contributed by atoms with van der Waals surface area (Å²) in [5.41, 5.74) is 1.44. The highest BCUT2D eigenvalue weighted by molar-refractivity contribution is 6.06. The molecule has 2 aliphatic heterocycles. The summed E-state index contributed by atoms with van der Waals surface area (Å²) in [6.07, 6.45) is 5.01. The van der Waals surface area contributed by atoms with Crippen LogP contribution in [0.25, 0.3) is 0 Å². The Kier molecular flexibility index (Phi) is 5.91. The van der Waals surface area contributed by atoms with Crippen LogP contribution in [-0.4, -0.2) is 39.8 Å². The van der Waals surface area contributed by atoms with Crippen molar-refractivity contribution in [2.75, 3.05) is 11.4 Å². The number of ketones is 1. The van der Waals surface area contributed by atoms with Crippen molar-refractivity contribution in [3.05, 3.63) is 71.6 Å². The molecule has 2 aromatic rings. The van der Waals surface area contributed by atoms with Crippen molar-refractivity contribution >= 4 is 17.4 Å². The predicted molar refractivity (Wildman–Crippen MR) is 122 cm³/mol. The number of rotatable bonds is 5. The maximum Gasteiger partial charge on any atom is 0.251 e. The summed E-state index contributed by atoms with van der Waals surface area (Å²) < 4.78 is 13.8. The van der Waals surface area contributed by atoms with Gasteiger partial charge in [-0.2, -0.15) is 0 Å². The van der Waals surface area contributed by atoms with Crippen molar-refractivity contribution < 1.29 is 19.1 Å². The van der Waals surface area contributed by atoms with Crippen LogP contribution < -0.4 is 4.90 Å². The van der Waals surface area contributed by atoms with E-state index in [1.165, 1.54) is 12.1 Å². The lowest BCUT2D eigenvalue weighted by molar-refractivity contribution is -0.114. The molecular weight excluding hydrogens is 407 g/mol. The molecule has 168 valence electrons. The molecule has 4 rings (SSSR count). The van der Waals surface area contributed by atoms with E-state index in [0.717, 1.165) is 24.9 Å².